The Morgan fingerprint density at radius 3 is 2.64 bits per heavy atom. The highest BCUT2D eigenvalue weighted by Crippen LogP contribution is 2.33. The van der Waals surface area contributed by atoms with Gasteiger partial charge in [0.25, 0.3) is 0 Å². The quantitative estimate of drug-likeness (QED) is 0.493. The topological polar surface area (TPSA) is 66.5 Å². The monoisotopic (exact) mass is 325 g/mol. The fourth-order valence-electron chi connectivity index (χ4n) is 3.26. The molecule has 1 aromatic carbocycles. The molecule has 0 saturated heterocycles. The second kappa shape index (κ2) is 5.27. The molecule has 0 saturated carbocycles. The van der Waals surface area contributed by atoms with Crippen LogP contribution < -0.4 is 5.32 Å². The first-order chi connectivity index (χ1) is 12.3. The zero-order valence-electron chi connectivity index (χ0n) is 13.6. The molecule has 0 bridgehead atoms. The average molecular weight is 325 g/mol. The Labute approximate surface area is 143 Å². The van der Waals surface area contributed by atoms with Gasteiger partial charge in [0.1, 0.15) is 11.3 Å². The normalized spacial score (nSPS) is 11.4. The number of anilines is 2. The highest BCUT2D eigenvalue weighted by molar-refractivity contribution is 6.17. The number of fused-ring (bicyclic) bond motifs is 5. The first kappa shape index (κ1) is 13.9. The van der Waals surface area contributed by atoms with Crippen LogP contribution in [0.5, 0.6) is 0 Å². The van der Waals surface area contributed by atoms with Gasteiger partial charge in [-0.3, -0.25) is 9.97 Å². The third-order valence-electron chi connectivity index (χ3n) is 4.42. The van der Waals surface area contributed by atoms with Crippen molar-refractivity contribution in [3.63, 3.8) is 0 Å². The van der Waals surface area contributed by atoms with Crippen LogP contribution in [0.4, 0.5) is 11.5 Å². The van der Waals surface area contributed by atoms with E-state index in [-0.39, 0.29) is 0 Å². The van der Waals surface area contributed by atoms with Gasteiger partial charge in [0, 0.05) is 46.6 Å². The summed E-state index contributed by atoms with van der Waals surface area (Å²) in [4.78, 5) is 16.9. The van der Waals surface area contributed by atoms with E-state index in [0.717, 1.165) is 44.2 Å². The summed E-state index contributed by atoms with van der Waals surface area (Å²) in [6.07, 6.45) is 7.30. The summed E-state index contributed by atoms with van der Waals surface area (Å²) >= 11 is 0. The van der Waals surface area contributed by atoms with Crippen LogP contribution in [0.15, 0.2) is 61.2 Å². The molecule has 120 valence electrons. The number of aromatic nitrogens is 4. The number of benzene rings is 1. The van der Waals surface area contributed by atoms with E-state index in [9.17, 15) is 0 Å². The Balaban J connectivity index is 1.83. The molecule has 0 aliphatic heterocycles. The summed E-state index contributed by atoms with van der Waals surface area (Å²) in [6, 6.07) is 12.2. The number of H-pyrrole nitrogens is 1. The van der Waals surface area contributed by atoms with Crippen LogP contribution in [0.3, 0.4) is 0 Å². The Morgan fingerprint density at radius 1 is 0.920 bits per heavy atom. The lowest BCUT2D eigenvalue weighted by molar-refractivity contribution is 1.34. The standard InChI is InChI=1S/C20H15N5/c1-12-3-2-4-13(9-12)23-20-14-5-7-21-10-15(14)18-19(25-20)16-11-22-8-6-17(16)24-18/h2-11,24H,1H3,(H,23,25). The van der Waals surface area contributed by atoms with Crippen molar-refractivity contribution in [1.82, 2.24) is 19.9 Å². The van der Waals surface area contributed by atoms with E-state index in [2.05, 4.69) is 39.3 Å². The van der Waals surface area contributed by atoms with Gasteiger partial charge >= 0.3 is 0 Å². The van der Waals surface area contributed by atoms with Gasteiger partial charge in [-0.1, -0.05) is 12.1 Å². The van der Waals surface area contributed by atoms with E-state index >= 15 is 0 Å². The molecule has 5 heteroatoms. The molecule has 0 aliphatic rings. The molecule has 0 spiro atoms. The molecule has 25 heavy (non-hydrogen) atoms. The SMILES string of the molecule is Cc1cccc(Nc2nc3c4cnccc4[nH]c3c3cnccc23)c1. The predicted octanol–water partition coefficient (Wildman–Crippen LogP) is 4.71. The molecule has 4 heterocycles. The van der Waals surface area contributed by atoms with E-state index < -0.39 is 0 Å². The summed E-state index contributed by atoms with van der Waals surface area (Å²) in [5.74, 6) is 0.820. The third kappa shape index (κ3) is 2.21. The molecular formula is C20H15N5. The third-order valence-corrected chi connectivity index (χ3v) is 4.42. The second-order valence-corrected chi connectivity index (χ2v) is 6.15. The van der Waals surface area contributed by atoms with Gasteiger partial charge in [-0.15, -0.1) is 0 Å². The molecule has 2 N–H and O–H groups in total. The van der Waals surface area contributed by atoms with E-state index in [1.165, 1.54) is 5.56 Å². The molecule has 4 aromatic heterocycles. The summed E-state index contributed by atoms with van der Waals surface area (Å²) in [6.45, 7) is 2.08. The lowest BCUT2D eigenvalue weighted by Gasteiger charge is -2.10. The van der Waals surface area contributed by atoms with E-state index in [1.54, 1.807) is 12.4 Å². The molecule has 5 rings (SSSR count). The molecular weight excluding hydrogens is 310 g/mol. The van der Waals surface area contributed by atoms with Gasteiger partial charge in [-0.2, -0.15) is 0 Å². The lowest BCUT2D eigenvalue weighted by atomic mass is 10.1. The lowest BCUT2D eigenvalue weighted by Crippen LogP contribution is -1.96. The van der Waals surface area contributed by atoms with E-state index in [1.807, 2.05) is 36.7 Å². The average Bonchev–Trinajstić information content (AvgIpc) is 3.01. The second-order valence-electron chi connectivity index (χ2n) is 6.15. The predicted molar refractivity (Wildman–Crippen MR) is 101 cm³/mol. The summed E-state index contributed by atoms with van der Waals surface area (Å²) in [7, 11) is 0. The van der Waals surface area contributed by atoms with E-state index in [4.69, 9.17) is 4.98 Å². The number of nitrogens with zero attached hydrogens (tertiary/aromatic N) is 3. The minimum Gasteiger partial charge on any atom is -0.353 e. The maximum atomic E-state index is 4.91. The number of hydrogen-bond donors (Lipinski definition) is 2. The zero-order valence-corrected chi connectivity index (χ0v) is 13.6. The van der Waals surface area contributed by atoms with Crippen LogP contribution in [0.1, 0.15) is 5.56 Å². The summed E-state index contributed by atoms with van der Waals surface area (Å²) in [5.41, 5.74) is 5.13. The highest BCUT2D eigenvalue weighted by Gasteiger charge is 2.13. The number of aromatic amines is 1. The maximum absolute atomic E-state index is 4.91. The van der Waals surface area contributed by atoms with Crippen molar-refractivity contribution in [3.8, 4) is 0 Å². The maximum Gasteiger partial charge on any atom is 0.139 e. The van der Waals surface area contributed by atoms with Crippen molar-refractivity contribution in [2.24, 2.45) is 0 Å². The number of rotatable bonds is 2. The van der Waals surface area contributed by atoms with Crippen LogP contribution in [0.25, 0.3) is 32.7 Å². The van der Waals surface area contributed by atoms with Crippen LogP contribution in [-0.4, -0.2) is 19.9 Å². The van der Waals surface area contributed by atoms with Gasteiger partial charge in [-0.25, -0.2) is 4.98 Å². The zero-order chi connectivity index (χ0) is 16.8. The number of nitrogens with one attached hydrogen (secondary N) is 2. The Kier molecular flexibility index (Phi) is 2.94. The Bertz CT molecular complexity index is 1240. The summed E-state index contributed by atoms with van der Waals surface area (Å²) < 4.78 is 0. The van der Waals surface area contributed by atoms with Crippen molar-refractivity contribution in [3.05, 3.63) is 66.7 Å². The largest absolute Gasteiger partial charge is 0.353 e. The first-order valence-corrected chi connectivity index (χ1v) is 8.12. The van der Waals surface area contributed by atoms with Crippen LogP contribution in [0, 0.1) is 6.92 Å². The molecule has 5 nitrogen and oxygen atoms in total. The van der Waals surface area contributed by atoms with Gasteiger partial charge in [0.15, 0.2) is 0 Å². The van der Waals surface area contributed by atoms with Gasteiger partial charge in [0.2, 0.25) is 0 Å². The van der Waals surface area contributed by atoms with Crippen molar-refractivity contribution in [2.75, 3.05) is 5.32 Å². The molecule has 0 radical (unpaired) electrons. The molecule has 0 unspecified atom stereocenters. The van der Waals surface area contributed by atoms with Gasteiger partial charge in [0.05, 0.1) is 11.0 Å². The minimum atomic E-state index is 0.820. The fourth-order valence-corrected chi connectivity index (χ4v) is 3.26. The Morgan fingerprint density at radius 2 is 1.76 bits per heavy atom. The molecule has 0 fully saturated rings. The fraction of sp³-hybridized carbons (Fsp3) is 0.0500. The smallest absolute Gasteiger partial charge is 0.139 e. The number of hydrogen-bond acceptors (Lipinski definition) is 4. The van der Waals surface area contributed by atoms with Gasteiger partial charge in [-0.05, 0) is 36.8 Å². The minimum absolute atomic E-state index is 0.820. The number of pyridine rings is 3. The highest BCUT2D eigenvalue weighted by atomic mass is 15.0. The van der Waals surface area contributed by atoms with E-state index in [0.29, 0.717) is 0 Å². The number of aryl methyl sites for hydroxylation is 1. The van der Waals surface area contributed by atoms with Crippen LogP contribution in [-0.2, 0) is 0 Å². The van der Waals surface area contributed by atoms with Crippen LogP contribution >= 0.6 is 0 Å². The van der Waals surface area contributed by atoms with Crippen molar-refractivity contribution >= 4 is 44.2 Å². The Hall–Kier alpha value is -3.47. The van der Waals surface area contributed by atoms with Crippen molar-refractivity contribution in [1.29, 1.82) is 0 Å². The molecule has 0 aliphatic carbocycles. The summed E-state index contributed by atoms with van der Waals surface area (Å²) in [5, 5.41) is 6.54. The molecule has 5 aromatic rings. The molecule has 0 atom stereocenters. The van der Waals surface area contributed by atoms with Gasteiger partial charge < -0.3 is 10.3 Å². The van der Waals surface area contributed by atoms with Crippen molar-refractivity contribution < 1.29 is 0 Å². The van der Waals surface area contributed by atoms with Crippen LogP contribution in [0.2, 0.25) is 0 Å². The molecule has 0 amide bonds. The van der Waals surface area contributed by atoms with Crippen molar-refractivity contribution in [2.45, 2.75) is 6.92 Å². The first-order valence-electron chi connectivity index (χ1n) is 8.12.